The molecule has 14 nitrogen and oxygen atoms in total. The number of ketones is 1. The average molecular weight is 865 g/mol. The maximum atomic E-state index is 14.4. The molecule has 0 aromatic heterocycles. The first-order valence-corrected chi connectivity index (χ1v) is 23.2. The Labute approximate surface area is 365 Å². The van der Waals surface area contributed by atoms with Crippen LogP contribution in [0.2, 0.25) is 0 Å². The number of ether oxygens (including phenoxy) is 7. The molecule has 4 aliphatic rings. The number of carbonyl (C=O) groups is 3. The van der Waals surface area contributed by atoms with Crippen LogP contribution in [0.25, 0.3) is 0 Å². The maximum absolute atomic E-state index is 14.4. The number of rotatable bonds is 21. The fourth-order valence-corrected chi connectivity index (χ4v) is 10.1. The number of hydrogen-bond donors (Lipinski definition) is 4. The lowest BCUT2D eigenvalue weighted by Crippen LogP contribution is -2.63. The van der Waals surface area contributed by atoms with Gasteiger partial charge in [0.15, 0.2) is 11.9 Å². The van der Waals surface area contributed by atoms with Gasteiger partial charge in [-0.3, -0.25) is 9.59 Å². The fourth-order valence-electron chi connectivity index (χ4n) is 10.1. The molecule has 0 aromatic carbocycles. The van der Waals surface area contributed by atoms with E-state index < -0.39 is 65.4 Å². The van der Waals surface area contributed by atoms with Crippen LogP contribution in [0.3, 0.4) is 0 Å². The molecule has 0 bridgehead atoms. The predicted octanol–water partition coefficient (Wildman–Crippen LogP) is 6.67. The number of nitrogens with two attached hydrogens (primary N) is 1. The number of unbranched alkanes of at least 4 members (excludes halogenated alkanes) is 1. The van der Waals surface area contributed by atoms with E-state index in [0.717, 1.165) is 6.42 Å². The van der Waals surface area contributed by atoms with Crippen LogP contribution in [-0.2, 0) is 42.7 Å². The Balaban J connectivity index is 1.47. The number of amides is 1. The first-order valence-electron chi connectivity index (χ1n) is 23.2. The molecule has 14 heteroatoms. The first-order chi connectivity index (χ1) is 28.8. The lowest BCUT2D eigenvalue weighted by atomic mass is 9.74. The molecule has 350 valence electrons. The summed E-state index contributed by atoms with van der Waals surface area (Å²) in [6, 6.07) is -0.784. The van der Waals surface area contributed by atoms with Crippen molar-refractivity contribution < 1.29 is 57.8 Å². The van der Waals surface area contributed by atoms with E-state index in [1.54, 1.807) is 20.1 Å². The van der Waals surface area contributed by atoms with Crippen molar-refractivity contribution in [1.82, 2.24) is 5.32 Å². The number of aliphatic hydroxyl groups excluding tert-OH is 1. The van der Waals surface area contributed by atoms with Gasteiger partial charge in [-0.25, -0.2) is 4.79 Å². The van der Waals surface area contributed by atoms with Gasteiger partial charge in [0.05, 0.1) is 48.1 Å². The Kier molecular flexibility index (Phi) is 18.9. The van der Waals surface area contributed by atoms with Gasteiger partial charge in [0, 0.05) is 43.4 Å². The Hall–Kier alpha value is -2.43. The summed E-state index contributed by atoms with van der Waals surface area (Å²) in [5.41, 5.74) is 5.65. The number of alkyl carbamates (subject to hydrolysis) is 1. The van der Waals surface area contributed by atoms with Gasteiger partial charge < -0.3 is 54.4 Å². The molecule has 2 spiro atoms. The summed E-state index contributed by atoms with van der Waals surface area (Å²) in [6.07, 6.45) is 7.72. The van der Waals surface area contributed by atoms with Gasteiger partial charge in [0.2, 0.25) is 5.79 Å². The van der Waals surface area contributed by atoms with Crippen LogP contribution in [0.1, 0.15) is 139 Å². The van der Waals surface area contributed by atoms with Gasteiger partial charge in [0.25, 0.3) is 0 Å². The Morgan fingerprint density at radius 1 is 1.02 bits per heavy atom. The minimum absolute atomic E-state index is 0.0206. The number of aliphatic hydroxyl groups is 2. The number of esters is 1. The monoisotopic (exact) mass is 865 g/mol. The highest BCUT2D eigenvalue weighted by atomic mass is 16.8. The van der Waals surface area contributed by atoms with Gasteiger partial charge in [-0.2, -0.15) is 0 Å². The third-order valence-electron chi connectivity index (χ3n) is 14.1. The van der Waals surface area contributed by atoms with Crippen molar-refractivity contribution >= 4 is 17.8 Å². The number of carbonyl (C=O) groups excluding carboxylic acids is 3. The summed E-state index contributed by atoms with van der Waals surface area (Å²) >= 11 is 0. The van der Waals surface area contributed by atoms with Crippen LogP contribution in [0.4, 0.5) is 4.79 Å². The summed E-state index contributed by atoms with van der Waals surface area (Å²) in [7, 11) is 1.59. The van der Waals surface area contributed by atoms with Crippen LogP contribution in [0.15, 0.2) is 24.8 Å². The SMILES string of the molecule is C=CCOC(=O)C(CC)C(CCCCC(N)C(O)C(C)C(=O)C(CC)C1OC2(C=CC(OC(=O)NC(C)C)C3(CCC(C4CCC(O)(CC)C(C)O4)O3)O2)C(C)CC1C)OC. The summed E-state index contributed by atoms with van der Waals surface area (Å²) in [5.74, 6) is -5.00. The fraction of sp³-hybridized carbons (Fsp3) is 0.851. The molecular weight excluding hydrogens is 785 g/mol. The molecule has 0 aromatic rings. The molecule has 0 radical (unpaired) electrons. The van der Waals surface area contributed by atoms with Crippen molar-refractivity contribution in [1.29, 1.82) is 0 Å². The third-order valence-corrected chi connectivity index (χ3v) is 14.1. The van der Waals surface area contributed by atoms with E-state index in [9.17, 15) is 24.6 Å². The predicted molar refractivity (Wildman–Crippen MR) is 231 cm³/mol. The Morgan fingerprint density at radius 3 is 2.31 bits per heavy atom. The van der Waals surface area contributed by atoms with Crippen molar-refractivity contribution in [3.8, 4) is 0 Å². The van der Waals surface area contributed by atoms with E-state index in [2.05, 4.69) is 25.7 Å². The molecule has 4 aliphatic heterocycles. The lowest BCUT2D eigenvalue weighted by molar-refractivity contribution is -0.400. The highest BCUT2D eigenvalue weighted by Gasteiger charge is 2.61. The van der Waals surface area contributed by atoms with Gasteiger partial charge in [-0.15, -0.1) is 0 Å². The summed E-state index contributed by atoms with van der Waals surface area (Å²) in [6.45, 7) is 21.1. The highest BCUT2D eigenvalue weighted by molar-refractivity contribution is 5.84. The molecule has 61 heavy (non-hydrogen) atoms. The second kappa shape index (κ2) is 22.5. The lowest BCUT2D eigenvalue weighted by Gasteiger charge is -2.54. The minimum Gasteiger partial charge on any atom is -0.461 e. The van der Waals surface area contributed by atoms with Crippen molar-refractivity contribution in [2.45, 2.75) is 211 Å². The molecule has 3 saturated heterocycles. The van der Waals surface area contributed by atoms with Gasteiger partial charge in [-0.1, -0.05) is 67.0 Å². The normalized spacial score (nSPS) is 35.6. The third kappa shape index (κ3) is 12.0. The second-order valence-corrected chi connectivity index (χ2v) is 18.7. The van der Waals surface area contributed by atoms with Crippen LogP contribution < -0.4 is 11.1 Å². The molecule has 16 unspecified atom stereocenters. The van der Waals surface area contributed by atoms with E-state index in [1.165, 1.54) is 6.08 Å². The van der Waals surface area contributed by atoms with Crippen LogP contribution in [0.5, 0.6) is 0 Å². The molecule has 0 saturated carbocycles. The molecule has 1 amide bonds. The van der Waals surface area contributed by atoms with Gasteiger partial charge in [-0.05, 0) is 96.6 Å². The van der Waals surface area contributed by atoms with Gasteiger partial charge >= 0.3 is 12.1 Å². The molecule has 16 atom stereocenters. The summed E-state index contributed by atoms with van der Waals surface area (Å²) in [4.78, 5) is 40.0. The summed E-state index contributed by atoms with van der Waals surface area (Å²) < 4.78 is 44.3. The molecule has 5 N–H and O–H groups in total. The quantitative estimate of drug-likeness (QED) is 0.0544. The zero-order chi connectivity index (χ0) is 45.3. The first kappa shape index (κ1) is 51.2. The van der Waals surface area contributed by atoms with Crippen molar-refractivity contribution in [3.05, 3.63) is 24.8 Å². The number of methoxy groups -OCH3 is 1. The van der Waals surface area contributed by atoms with E-state index in [-0.39, 0.29) is 60.7 Å². The zero-order valence-electron chi connectivity index (χ0n) is 38.8. The Bertz CT molecular complexity index is 1480. The maximum Gasteiger partial charge on any atom is 0.408 e. The number of nitrogens with one attached hydrogen (secondary N) is 1. The van der Waals surface area contributed by atoms with E-state index in [0.29, 0.717) is 70.6 Å². The van der Waals surface area contributed by atoms with Crippen LogP contribution in [-0.4, -0.2) is 114 Å². The summed E-state index contributed by atoms with van der Waals surface area (Å²) in [5, 5.41) is 25.4. The molecular formula is C47H80N2O12. The van der Waals surface area contributed by atoms with E-state index >= 15 is 0 Å². The van der Waals surface area contributed by atoms with Crippen molar-refractivity contribution in [3.63, 3.8) is 0 Å². The van der Waals surface area contributed by atoms with Crippen LogP contribution in [0, 0.1) is 29.6 Å². The van der Waals surface area contributed by atoms with Crippen molar-refractivity contribution in [2.75, 3.05) is 13.7 Å². The van der Waals surface area contributed by atoms with E-state index in [4.69, 9.17) is 38.9 Å². The average Bonchev–Trinajstić information content (AvgIpc) is 3.65. The topological polar surface area (TPSA) is 194 Å². The molecule has 4 rings (SSSR count). The number of hydrogen-bond acceptors (Lipinski definition) is 13. The largest absolute Gasteiger partial charge is 0.461 e. The highest BCUT2D eigenvalue weighted by Crippen LogP contribution is 2.52. The van der Waals surface area contributed by atoms with Gasteiger partial charge in [0.1, 0.15) is 12.4 Å². The zero-order valence-corrected chi connectivity index (χ0v) is 38.8. The Morgan fingerprint density at radius 2 is 1.70 bits per heavy atom. The standard InChI is InChI=1S/C47H80N2O12/c1-12-26-56-43(52)33(13-2)36(55-11)19-17-16-18-35(48)41(51)31(9)40(50)34(14-3)42-29(7)27-30(8)46(60-42)25-22-39(58-44(53)49-28(5)6)47(61-46)24-21-38(59-47)37-20-23-45(54,15-4)32(10)57-37/h12,22,25,28-39,41-42,51,54H,1,13-21,23-24,26-27,48H2,2-11H3,(H,49,53). The minimum atomic E-state index is -1.39. The number of Topliss-reactive ketones (excluding diaryl/α,β-unsaturated/α-hetero) is 1. The molecule has 0 aliphatic carbocycles. The van der Waals surface area contributed by atoms with Crippen molar-refractivity contribution in [2.24, 2.45) is 35.3 Å². The smallest absolute Gasteiger partial charge is 0.408 e. The second-order valence-electron chi connectivity index (χ2n) is 18.7. The van der Waals surface area contributed by atoms with E-state index in [1.807, 2.05) is 47.6 Å². The van der Waals surface area contributed by atoms with Crippen LogP contribution >= 0.6 is 0 Å². The molecule has 4 heterocycles. The molecule has 3 fully saturated rings.